The predicted molar refractivity (Wildman–Crippen MR) is 145 cm³/mol. The van der Waals surface area contributed by atoms with E-state index in [0.29, 0.717) is 48.6 Å². The maximum absolute atomic E-state index is 13.6. The third-order valence-corrected chi connectivity index (χ3v) is 7.24. The Labute approximate surface area is 236 Å². The lowest BCUT2D eigenvalue weighted by Crippen LogP contribution is -2.57. The van der Waals surface area contributed by atoms with Crippen LogP contribution in [-0.2, 0) is 17.5 Å². The topological polar surface area (TPSA) is 84.6 Å². The van der Waals surface area contributed by atoms with E-state index >= 15 is 0 Å². The highest BCUT2D eigenvalue weighted by molar-refractivity contribution is 6.30. The quantitative estimate of drug-likeness (QED) is 0.275. The zero-order valence-electron chi connectivity index (χ0n) is 22.9. The number of hydrogen-bond acceptors (Lipinski definition) is 7. The van der Waals surface area contributed by atoms with E-state index in [0.717, 1.165) is 12.1 Å². The fourth-order valence-corrected chi connectivity index (χ4v) is 5.46. The van der Waals surface area contributed by atoms with E-state index in [1.165, 1.54) is 18.5 Å². The lowest BCUT2D eigenvalue weighted by molar-refractivity contribution is -0.137. The van der Waals surface area contributed by atoms with Gasteiger partial charge in [-0.3, -0.25) is 0 Å². The number of likely N-dealkylation sites (tertiary alicyclic amines) is 1. The Morgan fingerprint density at radius 1 is 1.12 bits per heavy atom. The van der Waals surface area contributed by atoms with Crippen molar-refractivity contribution in [3.8, 4) is 11.5 Å². The summed E-state index contributed by atoms with van der Waals surface area (Å²) in [4.78, 5) is 30.0. The molecule has 1 aromatic carbocycles. The molecular formula is C28H33ClF3N5O3. The van der Waals surface area contributed by atoms with Crippen molar-refractivity contribution in [2.45, 2.75) is 90.3 Å². The molecule has 3 aromatic rings. The van der Waals surface area contributed by atoms with Gasteiger partial charge < -0.3 is 19.0 Å². The summed E-state index contributed by atoms with van der Waals surface area (Å²) in [7, 11) is 0. The molecule has 216 valence electrons. The number of aromatic nitrogens is 3. The summed E-state index contributed by atoms with van der Waals surface area (Å²) >= 11 is 6.11. The first-order valence-electron chi connectivity index (χ1n) is 13.3. The number of ether oxygens (including phenoxy) is 1. The minimum atomic E-state index is -4.54. The molecule has 1 aliphatic rings. The molecule has 2 aromatic heterocycles. The van der Waals surface area contributed by atoms with Crippen LogP contribution in [0, 0.1) is 0 Å². The van der Waals surface area contributed by atoms with Crippen LogP contribution in [0.5, 0.6) is 0 Å². The van der Waals surface area contributed by atoms with Crippen LogP contribution in [0.2, 0.25) is 5.02 Å². The van der Waals surface area contributed by atoms with E-state index in [4.69, 9.17) is 20.8 Å². The second-order valence-electron chi connectivity index (χ2n) is 10.2. The van der Waals surface area contributed by atoms with Crippen LogP contribution in [-0.4, -0.2) is 50.2 Å². The minimum absolute atomic E-state index is 0.00550. The monoisotopic (exact) mass is 579 g/mol. The standard InChI is InChI=1S/C28H33ClF3N5O3/c1-5-22-12-24(13-23(6-2)37(22)27(38)40-17(3)4)36(16-18-9-20(28(30,31)32)11-21(29)10-18)26-34-14-19(15-35-26)25-33-7-8-39-25/h7-11,14-15,17,22-24H,5-6,12-13,16H2,1-4H3/t22-,23+,24?. The van der Waals surface area contributed by atoms with Crippen molar-refractivity contribution in [1.82, 2.24) is 19.9 Å². The number of amides is 1. The number of rotatable bonds is 8. The molecule has 0 aliphatic carbocycles. The van der Waals surface area contributed by atoms with Gasteiger partial charge in [0.15, 0.2) is 0 Å². The number of anilines is 1. The van der Waals surface area contributed by atoms with Gasteiger partial charge in [0, 0.05) is 42.1 Å². The lowest BCUT2D eigenvalue weighted by atomic mass is 9.87. The molecule has 1 amide bonds. The third-order valence-electron chi connectivity index (χ3n) is 7.02. The molecular weight excluding hydrogens is 547 g/mol. The molecule has 0 radical (unpaired) electrons. The smallest absolute Gasteiger partial charge is 0.416 e. The molecule has 3 atom stereocenters. The number of carbonyl (C=O) groups excluding carboxylic acids is 1. The van der Waals surface area contributed by atoms with Crippen molar-refractivity contribution >= 4 is 23.6 Å². The first-order valence-corrected chi connectivity index (χ1v) is 13.7. The van der Waals surface area contributed by atoms with Crippen LogP contribution < -0.4 is 4.90 Å². The fourth-order valence-electron chi connectivity index (χ4n) is 5.20. The van der Waals surface area contributed by atoms with Gasteiger partial charge in [0.05, 0.1) is 23.4 Å². The second kappa shape index (κ2) is 12.4. The number of benzene rings is 1. The van der Waals surface area contributed by atoms with Gasteiger partial charge >= 0.3 is 12.3 Å². The third kappa shape index (κ3) is 6.86. The summed E-state index contributed by atoms with van der Waals surface area (Å²) in [5.74, 6) is 0.702. The Morgan fingerprint density at radius 2 is 1.77 bits per heavy atom. The van der Waals surface area contributed by atoms with Gasteiger partial charge in [0.1, 0.15) is 6.26 Å². The molecule has 1 aliphatic heterocycles. The highest BCUT2D eigenvalue weighted by Crippen LogP contribution is 2.36. The summed E-state index contributed by atoms with van der Waals surface area (Å²) in [6.45, 7) is 7.74. The predicted octanol–water partition coefficient (Wildman–Crippen LogP) is 7.38. The van der Waals surface area contributed by atoms with Crippen LogP contribution in [0.25, 0.3) is 11.5 Å². The number of halogens is 4. The highest BCUT2D eigenvalue weighted by Gasteiger charge is 2.41. The zero-order valence-corrected chi connectivity index (χ0v) is 23.6. The van der Waals surface area contributed by atoms with Crippen LogP contribution in [0.3, 0.4) is 0 Å². The summed E-state index contributed by atoms with van der Waals surface area (Å²) in [5.41, 5.74) is 0.127. The maximum atomic E-state index is 13.6. The molecule has 1 fully saturated rings. The number of piperidine rings is 1. The van der Waals surface area contributed by atoms with Gasteiger partial charge in [-0.05, 0) is 63.3 Å². The number of oxazole rings is 1. The zero-order chi connectivity index (χ0) is 29.0. The molecule has 40 heavy (non-hydrogen) atoms. The van der Waals surface area contributed by atoms with E-state index < -0.39 is 11.7 Å². The summed E-state index contributed by atoms with van der Waals surface area (Å²) in [6, 6.07) is 3.11. The number of alkyl halides is 3. The van der Waals surface area contributed by atoms with Crippen LogP contribution in [0.1, 0.15) is 64.5 Å². The summed E-state index contributed by atoms with van der Waals surface area (Å²) < 4.78 is 51.6. The van der Waals surface area contributed by atoms with Crippen molar-refractivity contribution in [1.29, 1.82) is 0 Å². The molecule has 12 heteroatoms. The molecule has 8 nitrogen and oxygen atoms in total. The van der Waals surface area contributed by atoms with Crippen LogP contribution >= 0.6 is 11.6 Å². The first-order chi connectivity index (χ1) is 19.0. The Balaban J connectivity index is 1.70. The van der Waals surface area contributed by atoms with Crippen LogP contribution in [0.15, 0.2) is 47.5 Å². The number of hydrogen-bond donors (Lipinski definition) is 0. The largest absolute Gasteiger partial charge is 0.447 e. The fraction of sp³-hybridized carbons (Fsp3) is 0.500. The lowest BCUT2D eigenvalue weighted by Gasteiger charge is -2.47. The molecule has 3 heterocycles. The van der Waals surface area contributed by atoms with Crippen LogP contribution in [0.4, 0.5) is 23.9 Å². The molecule has 0 spiro atoms. The van der Waals surface area contributed by atoms with Crippen molar-refractivity contribution in [2.24, 2.45) is 0 Å². The van der Waals surface area contributed by atoms with Gasteiger partial charge in [-0.2, -0.15) is 13.2 Å². The molecule has 4 rings (SSSR count). The maximum Gasteiger partial charge on any atom is 0.416 e. The first kappa shape index (κ1) is 29.6. The summed E-state index contributed by atoms with van der Waals surface area (Å²) in [5, 5.41) is -0.00550. The van der Waals surface area contributed by atoms with Gasteiger partial charge in [0.2, 0.25) is 11.8 Å². The number of carbonyl (C=O) groups is 1. The van der Waals surface area contributed by atoms with E-state index in [1.54, 1.807) is 12.4 Å². The van der Waals surface area contributed by atoms with Crippen molar-refractivity contribution < 1.29 is 27.1 Å². The van der Waals surface area contributed by atoms with Crippen molar-refractivity contribution in [3.05, 3.63) is 59.2 Å². The Hall–Kier alpha value is -3.34. The van der Waals surface area contributed by atoms with Gasteiger partial charge in [-0.25, -0.2) is 19.7 Å². The van der Waals surface area contributed by atoms with Gasteiger partial charge in [0.25, 0.3) is 0 Å². The second-order valence-corrected chi connectivity index (χ2v) is 10.6. The van der Waals surface area contributed by atoms with Crippen molar-refractivity contribution in [3.63, 3.8) is 0 Å². The average molecular weight is 580 g/mol. The Kier molecular flexibility index (Phi) is 9.22. The Bertz CT molecular complexity index is 1260. The van der Waals surface area contributed by atoms with Crippen molar-refractivity contribution in [2.75, 3.05) is 4.90 Å². The highest BCUT2D eigenvalue weighted by atomic mass is 35.5. The SMILES string of the molecule is CC[C@@H]1CC(N(Cc2cc(Cl)cc(C(F)(F)F)c2)c2ncc(-c3ncco3)cn2)C[C@H](CC)N1C(=O)OC(C)C. The molecule has 0 N–H and O–H groups in total. The molecule has 0 saturated carbocycles. The van der Waals surface area contributed by atoms with E-state index in [2.05, 4.69) is 15.0 Å². The minimum Gasteiger partial charge on any atom is -0.447 e. The van der Waals surface area contributed by atoms with E-state index in [-0.39, 0.29) is 41.9 Å². The Morgan fingerprint density at radius 3 is 2.30 bits per heavy atom. The molecule has 0 bridgehead atoms. The van der Waals surface area contributed by atoms with Gasteiger partial charge in [-0.1, -0.05) is 25.4 Å². The van der Waals surface area contributed by atoms with E-state index in [9.17, 15) is 18.0 Å². The molecule has 1 unspecified atom stereocenters. The number of nitrogens with zero attached hydrogens (tertiary/aromatic N) is 5. The van der Waals surface area contributed by atoms with Gasteiger partial charge in [-0.15, -0.1) is 0 Å². The average Bonchev–Trinajstić information content (AvgIpc) is 3.45. The summed E-state index contributed by atoms with van der Waals surface area (Å²) in [6.07, 6.45) is 3.47. The molecule has 1 saturated heterocycles. The van der Waals surface area contributed by atoms with E-state index in [1.807, 2.05) is 37.5 Å². The normalized spacial score (nSPS) is 19.6.